The van der Waals surface area contributed by atoms with Gasteiger partial charge in [0.2, 0.25) is 5.91 Å². The molecule has 0 fully saturated rings. The first-order valence-corrected chi connectivity index (χ1v) is 7.94. The number of nitrogens with one attached hydrogen (secondary N) is 1. The molecule has 1 amide bonds. The van der Waals surface area contributed by atoms with Gasteiger partial charge in [-0.2, -0.15) is 16.9 Å². The van der Waals surface area contributed by atoms with E-state index in [1.165, 1.54) is 0 Å². The monoisotopic (exact) mass is 292 g/mol. The molecule has 2 aromatic heterocycles. The minimum Gasteiger partial charge on any atom is -0.324 e. The van der Waals surface area contributed by atoms with Crippen molar-refractivity contribution in [3.63, 3.8) is 0 Å². The number of nitrogens with zero attached hydrogens (tertiary/aromatic N) is 3. The number of hydrogen-bond donors (Lipinski definition) is 1. The Balaban J connectivity index is 1.99. The normalized spacial score (nSPS) is 10.9. The highest BCUT2D eigenvalue weighted by atomic mass is 32.2. The summed E-state index contributed by atoms with van der Waals surface area (Å²) in [6.07, 6.45) is 3.99. The summed E-state index contributed by atoms with van der Waals surface area (Å²) in [6.45, 7) is 4.09. The van der Waals surface area contributed by atoms with Crippen LogP contribution in [0.15, 0.2) is 12.3 Å². The molecule has 2 rings (SSSR count). The van der Waals surface area contributed by atoms with Crippen molar-refractivity contribution in [2.45, 2.75) is 26.7 Å². The van der Waals surface area contributed by atoms with Crippen molar-refractivity contribution in [2.24, 2.45) is 7.05 Å². The minimum atomic E-state index is 0.0220. The number of anilines is 1. The van der Waals surface area contributed by atoms with Crippen molar-refractivity contribution < 1.29 is 4.79 Å². The van der Waals surface area contributed by atoms with Crippen LogP contribution in [-0.4, -0.2) is 32.2 Å². The molecular weight excluding hydrogens is 272 g/mol. The summed E-state index contributed by atoms with van der Waals surface area (Å²) in [5, 5.41) is 8.18. The highest BCUT2D eigenvalue weighted by Gasteiger charge is 2.08. The fraction of sp³-hybridized carbons (Fsp3) is 0.500. The molecule has 0 aliphatic heterocycles. The predicted molar refractivity (Wildman–Crippen MR) is 84.1 cm³/mol. The Morgan fingerprint density at radius 3 is 3.05 bits per heavy atom. The van der Waals surface area contributed by atoms with Crippen molar-refractivity contribution in [1.82, 2.24) is 14.8 Å². The lowest BCUT2D eigenvalue weighted by atomic mass is 10.2. The molecule has 0 saturated heterocycles. The Labute approximate surface area is 123 Å². The van der Waals surface area contributed by atoms with Gasteiger partial charge in [0, 0.05) is 12.4 Å². The van der Waals surface area contributed by atoms with E-state index in [2.05, 4.69) is 22.3 Å². The number of pyridine rings is 1. The number of carbonyl (C=O) groups excluding carboxylic acids is 1. The smallest absolute Gasteiger partial charge is 0.234 e. The van der Waals surface area contributed by atoms with E-state index in [4.69, 9.17) is 0 Å². The van der Waals surface area contributed by atoms with Crippen LogP contribution in [0.5, 0.6) is 0 Å². The number of fused-ring (bicyclic) bond motifs is 1. The van der Waals surface area contributed by atoms with Gasteiger partial charge in [-0.3, -0.25) is 9.48 Å². The van der Waals surface area contributed by atoms with Crippen LogP contribution in [0.25, 0.3) is 11.0 Å². The van der Waals surface area contributed by atoms with Crippen LogP contribution in [0, 0.1) is 6.92 Å². The van der Waals surface area contributed by atoms with E-state index in [-0.39, 0.29) is 5.91 Å². The Morgan fingerprint density at radius 2 is 2.30 bits per heavy atom. The van der Waals surface area contributed by atoms with E-state index in [1.54, 1.807) is 22.6 Å². The molecule has 0 aliphatic carbocycles. The first kappa shape index (κ1) is 14.8. The zero-order chi connectivity index (χ0) is 14.5. The standard InChI is InChI=1S/C14H20N4OS/c1-4-5-6-20-9-13(19)16-11-7-12-10(2)17-18(3)14(12)15-8-11/h7-8H,4-6,9H2,1-3H3,(H,16,19). The van der Waals surface area contributed by atoms with E-state index in [0.717, 1.165) is 41.0 Å². The van der Waals surface area contributed by atoms with Crippen LogP contribution in [0.1, 0.15) is 25.5 Å². The molecule has 0 bridgehead atoms. The number of amides is 1. The molecular formula is C14H20N4OS. The van der Waals surface area contributed by atoms with Crippen LogP contribution >= 0.6 is 11.8 Å². The first-order chi connectivity index (χ1) is 9.61. The van der Waals surface area contributed by atoms with Gasteiger partial charge in [0.15, 0.2) is 5.65 Å². The predicted octanol–water partition coefficient (Wildman–Crippen LogP) is 2.75. The van der Waals surface area contributed by atoms with Gasteiger partial charge in [0.1, 0.15) is 0 Å². The number of unbranched alkanes of at least 4 members (excludes halogenated alkanes) is 1. The van der Waals surface area contributed by atoms with Crippen molar-refractivity contribution in [3.8, 4) is 0 Å². The maximum Gasteiger partial charge on any atom is 0.234 e. The molecule has 0 unspecified atom stereocenters. The van der Waals surface area contributed by atoms with E-state index in [1.807, 2.05) is 20.0 Å². The Hall–Kier alpha value is -1.56. The van der Waals surface area contributed by atoms with E-state index >= 15 is 0 Å². The molecule has 108 valence electrons. The third-order valence-electron chi connectivity index (χ3n) is 3.02. The Kier molecular flexibility index (Phi) is 5.00. The summed E-state index contributed by atoms with van der Waals surface area (Å²) in [5.74, 6) is 1.54. The van der Waals surface area contributed by atoms with Gasteiger partial charge in [-0.15, -0.1) is 0 Å². The van der Waals surface area contributed by atoms with Crippen LogP contribution in [0.2, 0.25) is 0 Å². The first-order valence-electron chi connectivity index (χ1n) is 6.78. The van der Waals surface area contributed by atoms with E-state index in [0.29, 0.717) is 5.75 Å². The lowest BCUT2D eigenvalue weighted by Crippen LogP contribution is -2.14. The molecule has 5 nitrogen and oxygen atoms in total. The molecule has 0 aromatic carbocycles. The number of rotatable bonds is 6. The second-order valence-electron chi connectivity index (χ2n) is 4.76. The zero-order valence-corrected chi connectivity index (χ0v) is 13.0. The number of thioether (sulfide) groups is 1. The van der Waals surface area contributed by atoms with Crippen molar-refractivity contribution in [1.29, 1.82) is 0 Å². The summed E-state index contributed by atoms with van der Waals surface area (Å²) in [7, 11) is 1.87. The summed E-state index contributed by atoms with van der Waals surface area (Å²) in [6, 6.07) is 1.93. The summed E-state index contributed by atoms with van der Waals surface area (Å²) in [4.78, 5) is 16.2. The number of carbonyl (C=O) groups is 1. The van der Waals surface area contributed by atoms with Gasteiger partial charge >= 0.3 is 0 Å². The summed E-state index contributed by atoms with van der Waals surface area (Å²) >= 11 is 1.67. The van der Waals surface area contributed by atoms with Crippen molar-refractivity contribution >= 4 is 34.4 Å². The quantitative estimate of drug-likeness (QED) is 0.832. The lowest BCUT2D eigenvalue weighted by Gasteiger charge is -2.05. The van der Waals surface area contributed by atoms with Crippen LogP contribution in [-0.2, 0) is 11.8 Å². The summed E-state index contributed by atoms with van der Waals surface area (Å²) in [5.41, 5.74) is 2.48. The molecule has 0 atom stereocenters. The number of aryl methyl sites for hydroxylation is 2. The second-order valence-corrected chi connectivity index (χ2v) is 5.86. The molecule has 2 aromatic rings. The highest BCUT2D eigenvalue weighted by Crippen LogP contribution is 2.19. The van der Waals surface area contributed by atoms with Crippen LogP contribution in [0.3, 0.4) is 0 Å². The van der Waals surface area contributed by atoms with Gasteiger partial charge in [-0.25, -0.2) is 4.98 Å². The average Bonchev–Trinajstić information content (AvgIpc) is 2.70. The van der Waals surface area contributed by atoms with Crippen molar-refractivity contribution in [2.75, 3.05) is 16.8 Å². The number of hydrogen-bond acceptors (Lipinski definition) is 4. The van der Waals surface area contributed by atoms with Gasteiger partial charge in [0.05, 0.1) is 23.3 Å². The number of aromatic nitrogens is 3. The fourth-order valence-electron chi connectivity index (χ4n) is 1.98. The third-order valence-corrected chi connectivity index (χ3v) is 4.07. The molecule has 0 radical (unpaired) electrons. The molecule has 6 heteroatoms. The molecule has 1 N–H and O–H groups in total. The minimum absolute atomic E-state index is 0.0220. The SMILES string of the molecule is CCCCSCC(=O)Nc1cnc2c(c1)c(C)nn2C. The molecule has 0 aliphatic rings. The van der Waals surface area contributed by atoms with Crippen LogP contribution in [0.4, 0.5) is 5.69 Å². The third kappa shape index (κ3) is 3.50. The molecule has 0 saturated carbocycles. The van der Waals surface area contributed by atoms with Gasteiger partial charge in [-0.05, 0) is 25.2 Å². The van der Waals surface area contributed by atoms with Gasteiger partial charge in [0.25, 0.3) is 0 Å². The fourth-order valence-corrected chi connectivity index (χ4v) is 2.88. The van der Waals surface area contributed by atoms with Crippen LogP contribution < -0.4 is 5.32 Å². The topological polar surface area (TPSA) is 59.8 Å². The molecule has 0 spiro atoms. The lowest BCUT2D eigenvalue weighted by molar-refractivity contribution is -0.113. The van der Waals surface area contributed by atoms with Gasteiger partial charge in [-0.1, -0.05) is 13.3 Å². The Bertz CT molecular complexity index is 608. The largest absolute Gasteiger partial charge is 0.324 e. The maximum atomic E-state index is 11.8. The average molecular weight is 292 g/mol. The van der Waals surface area contributed by atoms with Gasteiger partial charge < -0.3 is 5.32 Å². The van der Waals surface area contributed by atoms with Crippen molar-refractivity contribution in [3.05, 3.63) is 18.0 Å². The second kappa shape index (κ2) is 6.74. The summed E-state index contributed by atoms with van der Waals surface area (Å²) < 4.78 is 1.75. The molecule has 2 heterocycles. The highest BCUT2D eigenvalue weighted by molar-refractivity contribution is 7.99. The van der Waals surface area contributed by atoms with E-state index in [9.17, 15) is 4.79 Å². The zero-order valence-electron chi connectivity index (χ0n) is 12.1. The maximum absolute atomic E-state index is 11.8. The van der Waals surface area contributed by atoms with E-state index < -0.39 is 0 Å². The molecule has 20 heavy (non-hydrogen) atoms. The Morgan fingerprint density at radius 1 is 1.50 bits per heavy atom.